The smallest absolute Gasteiger partial charge is 0.355 e. The maximum Gasteiger partial charge on any atom is 0.355 e. The molecule has 0 radical (unpaired) electrons. The van der Waals surface area contributed by atoms with Crippen molar-refractivity contribution < 1.29 is 32.9 Å². The summed E-state index contributed by atoms with van der Waals surface area (Å²) < 4.78 is 35.2. The first-order chi connectivity index (χ1) is 12.7. The van der Waals surface area contributed by atoms with Gasteiger partial charge < -0.3 is 23.8 Å². The highest BCUT2D eigenvalue weighted by molar-refractivity contribution is 6.03. The lowest BCUT2D eigenvalue weighted by atomic mass is 9.99. The number of rotatable bonds is 5. The number of ether oxygens (including phenoxy) is 4. The van der Waals surface area contributed by atoms with E-state index >= 15 is 0 Å². The first kappa shape index (κ1) is 20.7. The Morgan fingerprint density at radius 3 is 2.44 bits per heavy atom. The number of anilines is 1. The van der Waals surface area contributed by atoms with Gasteiger partial charge in [0.25, 0.3) is 0 Å². The molecule has 0 atom stereocenters. The Labute approximate surface area is 157 Å². The Morgan fingerprint density at radius 1 is 1.19 bits per heavy atom. The van der Waals surface area contributed by atoms with Crippen molar-refractivity contribution >= 4 is 17.6 Å². The van der Waals surface area contributed by atoms with E-state index in [4.69, 9.17) is 18.9 Å². The van der Waals surface area contributed by atoms with Gasteiger partial charge in [0, 0.05) is 0 Å². The minimum Gasteiger partial charge on any atom is -0.488 e. The van der Waals surface area contributed by atoms with Crippen molar-refractivity contribution in [1.82, 2.24) is 0 Å². The fourth-order valence-corrected chi connectivity index (χ4v) is 2.48. The molecule has 0 fully saturated rings. The third kappa shape index (κ3) is 4.77. The summed E-state index contributed by atoms with van der Waals surface area (Å²) in [4.78, 5) is 25.8. The summed E-state index contributed by atoms with van der Waals surface area (Å²) in [5.41, 5.74) is -0.0416. The number of para-hydroxylation sites is 1. The van der Waals surface area contributed by atoms with E-state index < -0.39 is 17.8 Å². The molecule has 7 nitrogen and oxygen atoms in total. The number of carbonyl (C=O) groups is 2. The van der Waals surface area contributed by atoms with E-state index in [-0.39, 0.29) is 48.1 Å². The van der Waals surface area contributed by atoms with E-state index in [0.717, 1.165) is 0 Å². The van der Waals surface area contributed by atoms with Gasteiger partial charge in [-0.05, 0) is 17.5 Å². The molecular formula is C19H24FNO6. The van der Waals surface area contributed by atoms with Crippen LogP contribution in [0.1, 0.15) is 20.8 Å². The van der Waals surface area contributed by atoms with Crippen LogP contribution in [-0.4, -0.2) is 46.1 Å². The summed E-state index contributed by atoms with van der Waals surface area (Å²) in [6.45, 7) is 5.89. The Balaban J connectivity index is 2.56. The molecule has 0 aliphatic carbocycles. The van der Waals surface area contributed by atoms with Crippen molar-refractivity contribution in [3.8, 4) is 5.75 Å². The minimum absolute atomic E-state index is 0.0124. The van der Waals surface area contributed by atoms with Gasteiger partial charge in [0.15, 0.2) is 11.6 Å². The van der Waals surface area contributed by atoms with Gasteiger partial charge in [-0.2, -0.15) is 0 Å². The normalized spacial score (nSPS) is 14.8. The van der Waals surface area contributed by atoms with Crippen molar-refractivity contribution in [2.75, 3.05) is 39.1 Å². The SMILES string of the molecule is COC(=O)C1=C(C(=O)OC)N(c2cccc(F)c2OCC(C)(C)C)COC1. The van der Waals surface area contributed by atoms with Crippen LogP contribution in [0.4, 0.5) is 10.1 Å². The number of benzene rings is 1. The quantitative estimate of drug-likeness (QED) is 0.726. The van der Waals surface area contributed by atoms with Gasteiger partial charge >= 0.3 is 11.9 Å². The second kappa shape index (κ2) is 8.39. The second-order valence-corrected chi connectivity index (χ2v) is 7.15. The molecule has 0 amide bonds. The summed E-state index contributed by atoms with van der Waals surface area (Å²) in [5.74, 6) is -2.12. The summed E-state index contributed by atoms with van der Waals surface area (Å²) in [5, 5.41) is 0. The monoisotopic (exact) mass is 381 g/mol. The van der Waals surface area contributed by atoms with E-state index in [0.29, 0.717) is 0 Å². The minimum atomic E-state index is -0.760. The van der Waals surface area contributed by atoms with Crippen LogP contribution in [-0.2, 0) is 23.8 Å². The van der Waals surface area contributed by atoms with Gasteiger partial charge in [-0.25, -0.2) is 14.0 Å². The van der Waals surface area contributed by atoms with Crippen LogP contribution in [0, 0.1) is 11.2 Å². The predicted molar refractivity (Wildman–Crippen MR) is 95.7 cm³/mol. The van der Waals surface area contributed by atoms with Crippen LogP contribution in [0.5, 0.6) is 5.75 Å². The molecule has 0 saturated heterocycles. The maximum atomic E-state index is 14.5. The van der Waals surface area contributed by atoms with Gasteiger partial charge in [-0.15, -0.1) is 0 Å². The second-order valence-electron chi connectivity index (χ2n) is 7.15. The first-order valence-corrected chi connectivity index (χ1v) is 8.36. The van der Waals surface area contributed by atoms with Crippen LogP contribution >= 0.6 is 0 Å². The number of hydrogen-bond donors (Lipinski definition) is 0. The molecule has 0 spiro atoms. The van der Waals surface area contributed by atoms with Gasteiger partial charge in [0.2, 0.25) is 0 Å². The zero-order valence-electron chi connectivity index (χ0n) is 16.1. The molecule has 1 aromatic rings. The molecule has 0 unspecified atom stereocenters. The fraction of sp³-hybridized carbons (Fsp3) is 0.474. The zero-order valence-corrected chi connectivity index (χ0v) is 16.1. The maximum absolute atomic E-state index is 14.5. The average molecular weight is 381 g/mol. The molecule has 1 aliphatic rings. The molecule has 148 valence electrons. The molecule has 0 N–H and O–H groups in total. The zero-order chi connectivity index (χ0) is 20.2. The van der Waals surface area contributed by atoms with Crippen LogP contribution in [0.25, 0.3) is 0 Å². The molecule has 0 bridgehead atoms. The highest BCUT2D eigenvalue weighted by Gasteiger charge is 2.34. The molecule has 1 aromatic carbocycles. The summed E-state index contributed by atoms with van der Waals surface area (Å²) in [7, 11) is 2.39. The van der Waals surface area contributed by atoms with E-state index in [1.807, 2.05) is 20.8 Å². The standard InChI is InChI=1S/C19H24FNO6/c1-19(2,3)10-27-16-13(20)7-6-8-14(16)21-11-26-9-12(17(22)24-4)15(21)18(23)25-5/h6-8H,9-11H2,1-5H3. The van der Waals surface area contributed by atoms with Crippen LogP contribution in [0.15, 0.2) is 29.5 Å². The molecule has 8 heteroatoms. The Hall–Kier alpha value is -2.61. The highest BCUT2D eigenvalue weighted by atomic mass is 19.1. The molecular weight excluding hydrogens is 357 g/mol. The van der Waals surface area contributed by atoms with Crippen molar-refractivity contribution in [2.24, 2.45) is 5.41 Å². The third-order valence-corrected chi connectivity index (χ3v) is 3.72. The van der Waals surface area contributed by atoms with Gasteiger partial charge in [-0.1, -0.05) is 26.8 Å². The summed E-state index contributed by atoms with van der Waals surface area (Å²) in [6.07, 6.45) is 0. The van der Waals surface area contributed by atoms with Gasteiger partial charge in [0.05, 0.1) is 38.7 Å². The van der Waals surface area contributed by atoms with Gasteiger partial charge in [-0.3, -0.25) is 0 Å². The number of esters is 2. The third-order valence-electron chi connectivity index (χ3n) is 3.72. The summed E-state index contributed by atoms with van der Waals surface area (Å²) in [6, 6.07) is 4.32. The molecule has 0 saturated carbocycles. The Morgan fingerprint density at radius 2 is 1.85 bits per heavy atom. The molecule has 1 aliphatic heterocycles. The highest BCUT2D eigenvalue weighted by Crippen LogP contribution is 2.36. The molecule has 27 heavy (non-hydrogen) atoms. The van der Waals surface area contributed by atoms with Crippen molar-refractivity contribution in [3.05, 3.63) is 35.3 Å². The van der Waals surface area contributed by atoms with E-state index in [2.05, 4.69) is 0 Å². The number of nitrogens with zero attached hydrogens (tertiary/aromatic N) is 1. The van der Waals surface area contributed by atoms with Crippen molar-refractivity contribution in [1.29, 1.82) is 0 Å². The lowest BCUT2D eigenvalue weighted by molar-refractivity contribution is -0.140. The molecule has 1 heterocycles. The number of carbonyl (C=O) groups excluding carboxylic acids is 2. The predicted octanol–water partition coefficient (Wildman–Crippen LogP) is 2.64. The lowest BCUT2D eigenvalue weighted by Crippen LogP contribution is -2.39. The van der Waals surface area contributed by atoms with Crippen LogP contribution in [0.2, 0.25) is 0 Å². The molecule has 2 rings (SSSR count). The average Bonchev–Trinajstić information content (AvgIpc) is 2.64. The van der Waals surface area contributed by atoms with Crippen molar-refractivity contribution in [3.63, 3.8) is 0 Å². The fourth-order valence-electron chi connectivity index (χ4n) is 2.48. The van der Waals surface area contributed by atoms with E-state index in [9.17, 15) is 14.0 Å². The van der Waals surface area contributed by atoms with Crippen LogP contribution < -0.4 is 9.64 Å². The Bertz CT molecular complexity index is 753. The van der Waals surface area contributed by atoms with E-state index in [1.165, 1.54) is 31.3 Å². The number of hydrogen-bond acceptors (Lipinski definition) is 7. The summed E-state index contributed by atoms with van der Waals surface area (Å²) >= 11 is 0. The molecule has 0 aromatic heterocycles. The number of methoxy groups -OCH3 is 2. The number of halogens is 1. The van der Waals surface area contributed by atoms with Gasteiger partial charge in [0.1, 0.15) is 12.4 Å². The largest absolute Gasteiger partial charge is 0.488 e. The van der Waals surface area contributed by atoms with Crippen molar-refractivity contribution in [2.45, 2.75) is 20.8 Å². The Kier molecular flexibility index (Phi) is 6.43. The lowest BCUT2D eigenvalue weighted by Gasteiger charge is -2.32. The first-order valence-electron chi connectivity index (χ1n) is 8.36. The van der Waals surface area contributed by atoms with E-state index in [1.54, 1.807) is 6.07 Å². The van der Waals surface area contributed by atoms with Crippen LogP contribution in [0.3, 0.4) is 0 Å². The topological polar surface area (TPSA) is 74.3 Å².